The predicted molar refractivity (Wildman–Crippen MR) is 97.6 cm³/mol. The molecule has 6 heteroatoms. The van der Waals surface area contributed by atoms with Crippen molar-refractivity contribution in [2.24, 2.45) is 0 Å². The van der Waals surface area contributed by atoms with Gasteiger partial charge in [-0.25, -0.2) is 4.79 Å². The summed E-state index contributed by atoms with van der Waals surface area (Å²) >= 11 is 5.34. The molecule has 5 nitrogen and oxygen atoms in total. The Labute approximate surface area is 148 Å². The molecule has 3 N–H and O–H groups in total. The van der Waals surface area contributed by atoms with E-state index in [1.54, 1.807) is 19.1 Å². The third-order valence-corrected chi connectivity index (χ3v) is 4.46. The number of carbonyl (C=O) groups is 1. The highest BCUT2D eigenvalue weighted by Gasteiger charge is 2.30. The molecule has 2 unspecified atom stereocenters. The predicted octanol–water partition coefficient (Wildman–Crippen LogP) is 2.45. The number of esters is 1. The van der Waals surface area contributed by atoms with E-state index in [9.17, 15) is 9.90 Å². The summed E-state index contributed by atoms with van der Waals surface area (Å²) in [5, 5.41) is 17.2. The molecule has 0 aliphatic heterocycles. The van der Waals surface area contributed by atoms with Crippen molar-refractivity contribution < 1.29 is 14.6 Å². The van der Waals surface area contributed by atoms with Gasteiger partial charge in [-0.1, -0.05) is 49.6 Å². The minimum absolute atomic E-state index is 0.251. The average Bonchev–Trinajstić information content (AvgIpc) is 2.61. The van der Waals surface area contributed by atoms with Gasteiger partial charge in [-0.2, -0.15) is 0 Å². The fraction of sp³-hybridized carbons (Fsp3) is 0.556. The van der Waals surface area contributed by atoms with Crippen molar-refractivity contribution in [2.45, 2.75) is 57.2 Å². The number of nitrogens with one attached hydrogen (secondary N) is 2. The molecule has 1 aromatic carbocycles. The topological polar surface area (TPSA) is 70.6 Å². The van der Waals surface area contributed by atoms with Crippen LogP contribution in [-0.4, -0.2) is 34.9 Å². The second-order valence-electron chi connectivity index (χ2n) is 6.04. The molecule has 0 saturated heterocycles. The molecule has 0 aromatic heterocycles. The van der Waals surface area contributed by atoms with E-state index in [1.807, 2.05) is 18.2 Å². The van der Waals surface area contributed by atoms with Gasteiger partial charge in [-0.05, 0) is 37.5 Å². The summed E-state index contributed by atoms with van der Waals surface area (Å²) in [6, 6.07) is 8.44. The van der Waals surface area contributed by atoms with Crippen molar-refractivity contribution in [3.8, 4) is 0 Å². The molecule has 1 fully saturated rings. The molecule has 1 aliphatic carbocycles. The second kappa shape index (κ2) is 9.59. The van der Waals surface area contributed by atoms with Gasteiger partial charge in [-0.3, -0.25) is 0 Å². The van der Waals surface area contributed by atoms with E-state index in [1.165, 1.54) is 19.3 Å². The first-order chi connectivity index (χ1) is 11.6. The molecule has 132 valence electrons. The molecule has 0 amide bonds. The summed E-state index contributed by atoms with van der Waals surface area (Å²) in [7, 11) is 0. The molecular weight excluding hydrogens is 324 g/mol. The lowest BCUT2D eigenvalue weighted by molar-refractivity contribution is -0.148. The lowest BCUT2D eigenvalue weighted by atomic mass is 9.96. The van der Waals surface area contributed by atoms with Crippen molar-refractivity contribution in [3.63, 3.8) is 0 Å². The Bertz CT molecular complexity index is 532. The maximum atomic E-state index is 12.3. The summed E-state index contributed by atoms with van der Waals surface area (Å²) in [4.78, 5) is 12.3. The number of hydrogen-bond acceptors (Lipinski definition) is 4. The van der Waals surface area contributed by atoms with E-state index in [2.05, 4.69) is 10.6 Å². The zero-order chi connectivity index (χ0) is 17.4. The molecule has 0 bridgehead atoms. The fourth-order valence-corrected chi connectivity index (χ4v) is 3.25. The number of benzene rings is 1. The van der Waals surface area contributed by atoms with Crippen LogP contribution in [0.25, 0.3) is 0 Å². The first-order valence-electron chi connectivity index (χ1n) is 8.58. The zero-order valence-corrected chi connectivity index (χ0v) is 14.8. The second-order valence-corrected chi connectivity index (χ2v) is 6.45. The van der Waals surface area contributed by atoms with Crippen LogP contribution in [0.1, 0.15) is 50.7 Å². The van der Waals surface area contributed by atoms with Crippen LogP contribution in [0.4, 0.5) is 0 Å². The lowest BCUT2D eigenvalue weighted by Crippen LogP contribution is -2.52. The standard InChI is InChI=1S/C18H26N2O3S/c1-2-23-17(22)15(16(21)13-9-5-3-6-10-13)20-18(24)19-14-11-7-4-8-12-14/h3,5-6,9-10,14-16,21H,2,4,7-8,11-12H2,1H3,(H2,19,20,24). The minimum atomic E-state index is -1.03. The zero-order valence-electron chi connectivity index (χ0n) is 14.0. The van der Waals surface area contributed by atoms with Crippen molar-refractivity contribution in [1.82, 2.24) is 10.6 Å². The Balaban J connectivity index is 2.02. The molecule has 1 aromatic rings. The molecule has 1 saturated carbocycles. The number of aliphatic hydroxyl groups excluding tert-OH is 1. The van der Waals surface area contributed by atoms with Crippen molar-refractivity contribution in [1.29, 1.82) is 0 Å². The number of rotatable bonds is 6. The van der Waals surface area contributed by atoms with E-state index in [0.717, 1.165) is 12.8 Å². The summed E-state index contributed by atoms with van der Waals surface area (Å²) in [6.45, 7) is 1.99. The minimum Gasteiger partial charge on any atom is -0.464 e. The molecule has 0 heterocycles. The van der Waals surface area contributed by atoms with Crippen molar-refractivity contribution >= 4 is 23.3 Å². The Morgan fingerprint density at radius 3 is 2.58 bits per heavy atom. The molecule has 1 aliphatic rings. The smallest absolute Gasteiger partial charge is 0.331 e. The van der Waals surface area contributed by atoms with Crippen LogP contribution in [0.3, 0.4) is 0 Å². The highest BCUT2D eigenvalue weighted by Crippen LogP contribution is 2.19. The Hall–Kier alpha value is -1.66. The first kappa shape index (κ1) is 18.7. The maximum Gasteiger partial charge on any atom is 0.331 e. The Morgan fingerprint density at radius 2 is 1.96 bits per heavy atom. The van der Waals surface area contributed by atoms with Gasteiger partial charge in [-0.15, -0.1) is 0 Å². The van der Waals surface area contributed by atoms with Crippen LogP contribution in [0.15, 0.2) is 30.3 Å². The largest absolute Gasteiger partial charge is 0.464 e. The fourth-order valence-electron chi connectivity index (χ4n) is 2.96. The molecule has 2 rings (SSSR count). The quantitative estimate of drug-likeness (QED) is 0.541. The third-order valence-electron chi connectivity index (χ3n) is 4.22. The molecule has 0 radical (unpaired) electrons. The van der Waals surface area contributed by atoms with Crippen LogP contribution < -0.4 is 10.6 Å². The summed E-state index contributed by atoms with van der Waals surface area (Å²) in [5.74, 6) is -0.512. The van der Waals surface area contributed by atoms with Gasteiger partial charge in [0.05, 0.1) is 6.61 Å². The number of hydrogen-bond donors (Lipinski definition) is 3. The van der Waals surface area contributed by atoms with E-state index in [4.69, 9.17) is 17.0 Å². The average molecular weight is 350 g/mol. The van der Waals surface area contributed by atoms with Crippen LogP contribution in [0, 0.1) is 0 Å². The highest BCUT2D eigenvalue weighted by atomic mass is 32.1. The SMILES string of the molecule is CCOC(=O)C(NC(=S)NC1CCCCC1)C(O)c1ccccc1. The first-order valence-corrected chi connectivity index (χ1v) is 8.99. The van der Waals surface area contributed by atoms with E-state index in [-0.39, 0.29) is 6.61 Å². The summed E-state index contributed by atoms with van der Waals surface area (Å²) in [6.07, 6.45) is 4.76. The van der Waals surface area contributed by atoms with E-state index >= 15 is 0 Å². The van der Waals surface area contributed by atoms with Gasteiger partial charge >= 0.3 is 5.97 Å². The van der Waals surface area contributed by atoms with Gasteiger partial charge in [0.1, 0.15) is 6.10 Å². The number of aliphatic hydroxyl groups is 1. The third kappa shape index (κ3) is 5.46. The number of ether oxygens (including phenoxy) is 1. The van der Waals surface area contributed by atoms with Crippen LogP contribution >= 0.6 is 12.2 Å². The summed E-state index contributed by atoms with van der Waals surface area (Å²) < 4.78 is 5.09. The number of thiocarbonyl (C=S) groups is 1. The lowest BCUT2D eigenvalue weighted by Gasteiger charge is -2.28. The van der Waals surface area contributed by atoms with Crippen molar-refractivity contribution in [3.05, 3.63) is 35.9 Å². The number of carbonyl (C=O) groups excluding carboxylic acids is 1. The highest BCUT2D eigenvalue weighted by molar-refractivity contribution is 7.80. The molecule has 2 atom stereocenters. The van der Waals surface area contributed by atoms with Gasteiger partial charge in [0.2, 0.25) is 0 Å². The van der Waals surface area contributed by atoms with Gasteiger partial charge in [0, 0.05) is 6.04 Å². The monoisotopic (exact) mass is 350 g/mol. The van der Waals surface area contributed by atoms with E-state index in [0.29, 0.717) is 16.7 Å². The Kier molecular flexibility index (Phi) is 7.46. The Morgan fingerprint density at radius 1 is 1.29 bits per heavy atom. The summed E-state index contributed by atoms with van der Waals surface area (Å²) in [5.41, 5.74) is 0.642. The van der Waals surface area contributed by atoms with Gasteiger partial charge < -0.3 is 20.5 Å². The van der Waals surface area contributed by atoms with Crippen LogP contribution in [-0.2, 0) is 9.53 Å². The molecule has 24 heavy (non-hydrogen) atoms. The normalized spacial score (nSPS) is 17.6. The van der Waals surface area contributed by atoms with Crippen LogP contribution in [0.5, 0.6) is 0 Å². The van der Waals surface area contributed by atoms with Gasteiger partial charge in [0.25, 0.3) is 0 Å². The maximum absolute atomic E-state index is 12.3. The van der Waals surface area contributed by atoms with Crippen molar-refractivity contribution in [2.75, 3.05) is 6.61 Å². The molecule has 0 spiro atoms. The van der Waals surface area contributed by atoms with Gasteiger partial charge in [0.15, 0.2) is 11.2 Å². The molecular formula is C18H26N2O3S. The van der Waals surface area contributed by atoms with E-state index < -0.39 is 18.1 Å². The van der Waals surface area contributed by atoms with Crippen LogP contribution in [0.2, 0.25) is 0 Å².